The molecule has 0 aliphatic heterocycles. The second-order valence-corrected chi connectivity index (χ2v) is 9.07. The molecule has 0 heterocycles. The van der Waals surface area contributed by atoms with Crippen molar-refractivity contribution in [2.45, 2.75) is 87.2 Å². The van der Waals surface area contributed by atoms with Gasteiger partial charge >= 0.3 is 11.9 Å². The first-order valence-electron chi connectivity index (χ1n) is 11.4. The molecule has 0 saturated carbocycles. The Morgan fingerprint density at radius 2 is 1.27 bits per heavy atom. The van der Waals surface area contributed by atoms with Crippen molar-refractivity contribution >= 4 is 11.9 Å². The molecule has 0 saturated heterocycles. The topological polar surface area (TPSA) is 83.8 Å². The Morgan fingerprint density at radius 3 is 1.61 bits per heavy atom. The number of carboxylic acids is 1. The molecular weight excluding hydrogens is 416 g/mol. The summed E-state index contributed by atoms with van der Waals surface area (Å²) in [6.07, 6.45) is 1.99. The standard InChI is InChI=1S/C21H26O2.C4H10O.C3H6O2/c1-6-17-14(4)19(12-20(22)23)21(15(5)18(17)7-2)16-10-8-13(3)9-11-16;1-4(2,3)5;1-3(4)5-2/h8-11H,6-7,12H2,1-5H3,(H,22,23);5H,1-3H3;1-2H3. The van der Waals surface area contributed by atoms with E-state index in [-0.39, 0.29) is 12.4 Å². The summed E-state index contributed by atoms with van der Waals surface area (Å²) in [7, 11) is 1.35. The van der Waals surface area contributed by atoms with E-state index in [4.69, 9.17) is 5.11 Å². The summed E-state index contributed by atoms with van der Waals surface area (Å²) in [5.41, 5.74) is 8.97. The number of aliphatic carboxylic acids is 1. The van der Waals surface area contributed by atoms with Gasteiger partial charge in [0.05, 0.1) is 19.1 Å². The van der Waals surface area contributed by atoms with E-state index in [1.54, 1.807) is 20.8 Å². The molecule has 2 aromatic rings. The van der Waals surface area contributed by atoms with Gasteiger partial charge in [-0.05, 0) is 93.3 Å². The molecule has 2 aromatic carbocycles. The fraction of sp³-hybridized carbons (Fsp3) is 0.500. The van der Waals surface area contributed by atoms with Crippen LogP contribution in [0.15, 0.2) is 24.3 Å². The van der Waals surface area contributed by atoms with Crippen molar-refractivity contribution in [3.63, 3.8) is 0 Å². The van der Waals surface area contributed by atoms with Gasteiger partial charge in [0.25, 0.3) is 0 Å². The van der Waals surface area contributed by atoms with Crippen LogP contribution in [0.4, 0.5) is 0 Å². The van der Waals surface area contributed by atoms with Gasteiger partial charge in [-0.2, -0.15) is 0 Å². The number of carbonyl (C=O) groups is 2. The molecule has 2 rings (SSSR count). The lowest BCUT2D eigenvalue weighted by Crippen LogP contribution is -2.10. The molecule has 184 valence electrons. The van der Waals surface area contributed by atoms with Gasteiger partial charge in [-0.25, -0.2) is 0 Å². The average molecular weight is 459 g/mol. The van der Waals surface area contributed by atoms with Crippen LogP contribution in [0, 0.1) is 20.8 Å². The normalized spacial score (nSPS) is 10.4. The van der Waals surface area contributed by atoms with E-state index in [1.165, 1.54) is 36.3 Å². The van der Waals surface area contributed by atoms with Gasteiger partial charge in [0.15, 0.2) is 0 Å². The molecule has 33 heavy (non-hydrogen) atoms. The van der Waals surface area contributed by atoms with E-state index >= 15 is 0 Å². The van der Waals surface area contributed by atoms with Crippen LogP contribution >= 0.6 is 0 Å². The summed E-state index contributed by atoms with van der Waals surface area (Å²) >= 11 is 0. The highest BCUT2D eigenvalue weighted by Crippen LogP contribution is 2.36. The molecule has 0 fully saturated rings. The Bertz CT molecular complexity index is 913. The van der Waals surface area contributed by atoms with Gasteiger partial charge in [-0.3, -0.25) is 9.59 Å². The lowest BCUT2D eigenvalue weighted by molar-refractivity contribution is -0.138. The largest absolute Gasteiger partial charge is 0.481 e. The molecule has 0 atom stereocenters. The van der Waals surface area contributed by atoms with Crippen LogP contribution in [0.5, 0.6) is 0 Å². The van der Waals surface area contributed by atoms with E-state index in [9.17, 15) is 14.7 Å². The summed E-state index contributed by atoms with van der Waals surface area (Å²) < 4.78 is 4.11. The molecule has 0 radical (unpaired) electrons. The number of aryl methyl sites for hydroxylation is 1. The molecule has 5 nitrogen and oxygen atoms in total. The van der Waals surface area contributed by atoms with Crippen molar-refractivity contribution in [3.8, 4) is 11.1 Å². The van der Waals surface area contributed by atoms with Crippen LogP contribution in [0.25, 0.3) is 11.1 Å². The second-order valence-electron chi connectivity index (χ2n) is 9.07. The highest BCUT2D eigenvalue weighted by molar-refractivity contribution is 5.81. The smallest absolute Gasteiger partial charge is 0.307 e. The van der Waals surface area contributed by atoms with Crippen molar-refractivity contribution in [3.05, 3.63) is 57.6 Å². The predicted molar refractivity (Wildman–Crippen MR) is 136 cm³/mol. The van der Waals surface area contributed by atoms with E-state index in [0.717, 1.165) is 35.1 Å². The van der Waals surface area contributed by atoms with Gasteiger partial charge in [-0.1, -0.05) is 43.7 Å². The van der Waals surface area contributed by atoms with Gasteiger partial charge in [0.2, 0.25) is 0 Å². The molecular formula is C28H42O5. The van der Waals surface area contributed by atoms with Crippen molar-refractivity contribution < 1.29 is 24.5 Å². The van der Waals surface area contributed by atoms with Crippen molar-refractivity contribution in [1.29, 1.82) is 0 Å². The molecule has 0 bridgehead atoms. The van der Waals surface area contributed by atoms with E-state index in [0.29, 0.717) is 0 Å². The molecule has 0 aliphatic carbocycles. The first kappa shape index (κ1) is 30.3. The van der Waals surface area contributed by atoms with Crippen molar-refractivity contribution in [1.82, 2.24) is 0 Å². The Kier molecular flexibility index (Phi) is 12.7. The Labute approximate surface area is 199 Å². The number of rotatable bonds is 5. The zero-order chi connectivity index (χ0) is 25.9. The minimum atomic E-state index is -0.771. The Morgan fingerprint density at radius 1 is 0.879 bits per heavy atom. The molecule has 0 aliphatic rings. The number of hydrogen-bond donors (Lipinski definition) is 2. The third-order valence-corrected chi connectivity index (χ3v) is 5.06. The maximum Gasteiger partial charge on any atom is 0.307 e. The first-order valence-corrected chi connectivity index (χ1v) is 11.4. The molecule has 2 N–H and O–H groups in total. The molecule has 0 aromatic heterocycles. The van der Waals surface area contributed by atoms with Gasteiger partial charge in [0, 0.05) is 6.92 Å². The number of ether oxygens (including phenoxy) is 1. The first-order chi connectivity index (χ1) is 15.2. The minimum Gasteiger partial charge on any atom is -0.481 e. The van der Waals surface area contributed by atoms with Crippen LogP contribution in [0.3, 0.4) is 0 Å². The highest BCUT2D eigenvalue weighted by atomic mass is 16.5. The number of aliphatic hydroxyl groups is 1. The number of benzene rings is 2. The van der Waals surface area contributed by atoms with Gasteiger partial charge < -0.3 is 14.9 Å². The quantitative estimate of drug-likeness (QED) is 0.538. The molecule has 0 spiro atoms. The summed E-state index contributed by atoms with van der Waals surface area (Å²) in [6.45, 7) is 17.2. The lowest BCUT2D eigenvalue weighted by Gasteiger charge is -2.23. The third-order valence-electron chi connectivity index (χ3n) is 5.06. The number of carbonyl (C=O) groups excluding carboxylic acids is 1. The van der Waals surface area contributed by atoms with Crippen molar-refractivity contribution in [2.75, 3.05) is 7.11 Å². The monoisotopic (exact) mass is 458 g/mol. The predicted octanol–water partition coefficient (Wildman–Crippen LogP) is 5.99. The minimum absolute atomic E-state index is 0.0763. The SMILES string of the molecule is CC(C)(C)O.CCc1c(C)c(CC(=O)O)c(-c2ccc(C)cc2)c(C)c1CC.COC(C)=O. The van der Waals surface area contributed by atoms with E-state index in [1.807, 2.05) is 0 Å². The van der Waals surface area contributed by atoms with Crippen LogP contribution < -0.4 is 0 Å². The summed E-state index contributed by atoms with van der Waals surface area (Å²) in [6, 6.07) is 8.39. The van der Waals surface area contributed by atoms with Gasteiger partial charge in [-0.15, -0.1) is 0 Å². The van der Waals surface area contributed by atoms with Crippen LogP contribution in [-0.2, 0) is 33.6 Å². The maximum absolute atomic E-state index is 11.4. The fourth-order valence-corrected chi connectivity index (χ4v) is 3.64. The Balaban J connectivity index is 0.000000859. The van der Waals surface area contributed by atoms with Crippen LogP contribution in [-0.4, -0.2) is 34.9 Å². The Hall–Kier alpha value is -2.66. The maximum atomic E-state index is 11.4. The van der Waals surface area contributed by atoms with Crippen LogP contribution in [0.1, 0.15) is 74.9 Å². The lowest BCUT2D eigenvalue weighted by atomic mass is 9.82. The van der Waals surface area contributed by atoms with Crippen LogP contribution in [0.2, 0.25) is 0 Å². The molecule has 5 heteroatoms. The number of esters is 1. The highest BCUT2D eigenvalue weighted by Gasteiger charge is 2.20. The molecule has 0 unspecified atom stereocenters. The van der Waals surface area contributed by atoms with Crippen molar-refractivity contribution in [2.24, 2.45) is 0 Å². The zero-order valence-electron chi connectivity index (χ0n) is 22.0. The summed E-state index contributed by atoms with van der Waals surface area (Å²) in [5, 5.41) is 17.9. The number of carboxylic acid groups (broad SMARTS) is 1. The average Bonchev–Trinajstić information content (AvgIpc) is 2.70. The van der Waals surface area contributed by atoms with E-state index < -0.39 is 11.6 Å². The number of methoxy groups -OCH3 is 1. The zero-order valence-corrected chi connectivity index (χ0v) is 22.0. The summed E-state index contributed by atoms with van der Waals surface area (Å²) in [4.78, 5) is 21.0. The van der Waals surface area contributed by atoms with E-state index in [2.05, 4.69) is 63.6 Å². The summed E-state index contributed by atoms with van der Waals surface area (Å²) in [5.74, 6) is -1.02. The third kappa shape index (κ3) is 10.7. The fourth-order valence-electron chi connectivity index (χ4n) is 3.64. The molecule has 0 amide bonds. The van der Waals surface area contributed by atoms with Gasteiger partial charge in [0.1, 0.15) is 0 Å². The second kappa shape index (κ2) is 13.8. The number of hydrogen-bond acceptors (Lipinski definition) is 4.